The average molecular weight is 382 g/mol. The lowest BCUT2D eigenvalue weighted by molar-refractivity contribution is 0.601. The molecule has 0 fully saturated rings. The minimum Gasteiger partial charge on any atom is -0.313 e. The first-order valence-corrected chi connectivity index (χ1v) is 8.57. The molecule has 0 saturated carbocycles. The largest absolute Gasteiger partial charge is 0.313 e. The lowest BCUT2D eigenvalue weighted by Crippen LogP contribution is -2.20. The van der Waals surface area contributed by atoms with Crippen molar-refractivity contribution in [3.63, 3.8) is 0 Å². The maximum Gasteiger partial charge on any atom is 0.138 e. The van der Waals surface area contributed by atoms with E-state index in [1.165, 1.54) is 30.0 Å². The number of hydrogen-bond donors (Lipinski definition) is 1. The average Bonchev–Trinajstić information content (AvgIpc) is 2.52. The Labute approximate surface area is 140 Å². The molecule has 1 heterocycles. The van der Waals surface area contributed by atoms with Gasteiger partial charge < -0.3 is 5.32 Å². The van der Waals surface area contributed by atoms with Gasteiger partial charge in [-0.25, -0.2) is 8.78 Å². The monoisotopic (exact) mass is 381 g/mol. The van der Waals surface area contributed by atoms with E-state index in [-0.39, 0.29) is 11.6 Å². The zero-order valence-corrected chi connectivity index (χ0v) is 14.1. The number of rotatable bonds is 3. The molecule has 0 spiro atoms. The molecule has 5 heteroatoms. The molecule has 3 rings (SSSR count). The van der Waals surface area contributed by atoms with E-state index in [0.717, 1.165) is 35.5 Å². The standard InChI is InChI=1S/C17H14BrF2NS/c18-12-1-3-17(15(20)9-12)22-16-4-2-13(19)10-14(16)11-5-7-21-8-6-11/h1-5,9-10,21H,6-8H2. The molecule has 1 aliphatic rings. The van der Waals surface area contributed by atoms with Crippen molar-refractivity contribution in [3.05, 3.63) is 64.1 Å². The minimum absolute atomic E-state index is 0.268. The summed E-state index contributed by atoms with van der Waals surface area (Å²) in [5, 5.41) is 3.24. The molecule has 0 amide bonds. The molecule has 0 aliphatic carbocycles. The summed E-state index contributed by atoms with van der Waals surface area (Å²) in [5.74, 6) is -0.552. The highest BCUT2D eigenvalue weighted by Crippen LogP contribution is 2.37. The molecule has 0 saturated heterocycles. The smallest absolute Gasteiger partial charge is 0.138 e. The Morgan fingerprint density at radius 2 is 1.86 bits per heavy atom. The van der Waals surface area contributed by atoms with E-state index in [1.54, 1.807) is 18.2 Å². The van der Waals surface area contributed by atoms with E-state index in [2.05, 4.69) is 27.3 Å². The highest BCUT2D eigenvalue weighted by Gasteiger charge is 2.14. The third-order valence-electron chi connectivity index (χ3n) is 3.47. The fraction of sp³-hybridized carbons (Fsp3) is 0.176. The van der Waals surface area contributed by atoms with Crippen LogP contribution in [0.1, 0.15) is 12.0 Å². The molecule has 1 aliphatic heterocycles. The second kappa shape index (κ2) is 6.94. The summed E-state index contributed by atoms with van der Waals surface area (Å²) in [5.41, 5.74) is 1.96. The Hall–Kier alpha value is -1.17. The van der Waals surface area contributed by atoms with Crippen LogP contribution in [0.5, 0.6) is 0 Å². The normalized spacial score (nSPS) is 14.8. The van der Waals surface area contributed by atoms with E-state index in [4.69, 9.17) is 0 Å². The van der Waals surface area contributed by atoms with Crippen LogP contribution in [0.4, 0.5) is 8.78 Å². The first kappa shape index (κ1) is 15.7. The zero-order valence-electron chi connectivity index (χ0n) is 11.7. The number of benzene rings is 2. The Morgan fingerprint density at radius 1 is 1.05 bits per heavy atom. The van der Waals surface area contributed by atoms with Crippen LogP contribution in [0.25, 0.3) is 5.57 Å². The number of hydrogen-bond acceptors (Lipinski definition) is 2. The van der Waals surface area contributed by atoms with Gasteiger partial charge in [0.1, 0.15) is 11.6 Å². The highest BCUT2D eigenvalue weighted by molar-refractivity contribution is 9.10. The fourth-order valence-corrected chi connectivity index (χ4v) is 3.68. The molecule has 0 unspecified atom stereocenters. The molecule has 0 radical (unpaired) electrons. The molecule has 0 aromatic heterocycles. The van der Waals surface area contributed by atoms with Gasteiger partial charge in [0, 0.05) is 20.8 Å². The Morgan fingerprint density at radius 3 is 2.59 bits per heavy atom. The molecule has 22 heavy (non-hydrogen) atoms. The Balaban J connectivity index is 1.98. The van der Waals surface area contributed by atoms with Gasteiger partial charge in [-0.3, -0.25) is 0 Å². The summed E-state index contributed by atoms with van der Waals surface area (Å²) in [6.45, 7) is 1.65. The van der Waals surface area contributed by atoms with Gasteiger partial charge in [0.05, 0.1) is 0 Å². The SMILES string of the molecule is Fc1ccc(Sc2ccc(Br)cc2F)c(C2=CCNCC2)c1. The third-order valence-corrected chi connectivity index (χ3v) is 5.09. The first-order valence-electron chi connectivity index (χ1n) is 6.96. The van der Waals surface area contributed by atoms with Gasteiger partial charge in [0.15, 0.2) is 0 Å². The van der Waals surface area contributed by atoms with Gasteiger partial charge in [-0.1, -0.05) is 33.8 Å². The second-order valence-electron chi connectivity index (χ2n) is 5.00. The van der Waals surface area contributed by atoms with Gasteiger partial charge in [0.25, 0.3) is 0 Å². The van der Waals surface area contributed by atoms with Crippen molar-refractivity contribution in [2.45, 2.75) is 16.2 Å². The molecule has 0 atom stereocenters. The number of halogens is 3. The van der Waals surface area contributed by atoms with Crippen molar-refractivity contribution in [3.8, 4) is 0 Å². The second-order valence-corrected chi connectivity index (χ2v) is 7.00. The fourth-order valence-electron chi connectivity index (χ4n) is 2.39. The van der Waals surface area contributed by atoms with Crippen LogP contribution < -0.4 is 5.32 Å². The van der Waals surface area contributed by atoms with Gasteiger partial charge in [-0.2, -0.15) is 0 Å². The van der Waals surface area contributed by atoms with E-state index < -0.39 is 0 Å². The van der Waals surface area contributed by atoms with E-state index in [0.29, 0.717) is 9.37 Å². The van der Waals surface area contributed by atoms with Crippen LogP contribution in [0.2, 0.25) is 0 Å². The predicted molar refractivity (Wildman–Crippen MR) is 90.1 cm³/mol. The summed E-state index contributed by atoms with van der Waals surface area (Å²) in [7, 11) is 0. The van der Waals surface area contributed by atoms with Crippen LogP contribution in [-0.2, 0) is 0 Å². The third kappa shape index (κ3) is 3.59. The molecule has 2 aromatic rings. The van der Waals surface area contributed by atoms with Crippen molar-refractivity contribution < 1.29 is 8.78 Å². The molecular weight excluding hydrogens is 368 g/mol. The van der Waals surface area contributed by atoms with Crippen LogP contribution in [-0.4, -0.2) is 13.1 Å². The van der Waals surface area contributed by atoms with Gasteiger partial charge in [-0.15, -0.1) is 0 Å². The van der Waals surface area contributed by atoms with Gasteiger partial charge in [0.2, 0.25) is 0 Å². The zero-order chi connectivity index (χ0) is 15.5. The molecule has 1 nitrogen and oxygen atoms in total. The molecule has 114 valence electrons. The summed E-state index contributed by atoms with van der Waals surface area (Å²) >= 11 is 4.58. The molecule has 2 aromatic carbocycles. The minimum atomic E-state index is -0.283. The van der Waals surface area contributed by atoms with Crippen molar-refractivity contribution in [2.24, 2.45) is 0 Å². The highest BCUT2D eigenvalue weighted by atomic mass is 79.9. The quantitative estimate of drug-likeness (QED) is 0.778. The van der Waals surface area contributed by atoms with Gasteiger partial charge in [-0.05, 0) is 60.5 Å². The summed E-state index contributed by atoms with van der Waals surface area (Å²) < 4.78 is 28.4. The number of nitrogens with one attached hydrogen (secondary N) is 1. The first-order chi connectivity index (χ1) is 10.6. The van der Waals surface area contributed by atoms with Crippen molar-refractivity contribution in [1.82, 2.24) is 5.32 Å². The molecule has 0 bridgehead atoms. The summed E-state index contributed by atoms with van der Waals surface area (Å²) in [6.07, 6.45) is 2.92. The molecule has 1 N–H and O–H groups in total. The van der Waals surface area contributed by atoms with Crippen molar-refractivity contribution >= 4 is 33.3 Å². The van der Waals surface area contributed by atoms with Crippen LogP contribution in [0.3, 0.4) is 0 Å². The Bertz CT molecular complexity index is 731. The van der Waals surface area contributed by atoms with Crippen LogP contribution in [0.15, 0.2) is 56.7 Å². The van der Waals surface area contributed by atoms with Crippen LogP contribution >= 0.6 is 27.7 Å². The maximum atomic E-state index is 14.0. The van der Waals surface area contributed by atoms with Gasteiger partial charge >= 0.3 is 0 Å². The lowest BCUT2D eigenvalue weighted by Gasteiger charge is -2.17. The predicted octanol–water partition coefficient (Wildman–Crippen LogP) is 5.26. The van der Waals surface area contributed by atoms with E-state index >= 15 is 0 Å². The Kier molecular flexibility index (Phi) is 4.96. The van der Waals surface area contributed by atoms with Crippen molar-refractivity contribution in [2.75, 3.05) is 13.1 Å². The lowest BCUT2D eigenvalue weighted by atomic mass is 10.0. The van der Waals surface area contributed by atoms with Crippen molar-refractivity contribution in [1.29, 1.82) is 0 Å². The maximum absolute atomic E-state index is 14.0. The molecular formula is C17H14BrF2NS. The summed E-state index contributed by atoms with van der Waals surface area (Å²) in [6, 6.07) is 9.65. The topological polar surface area (TPSA) is 12.0 Å². The summed E-state index contributed by atoms with van der Waals surface area (Å²) in [4.78, 5) is 1.40. The van der Waals surface area contributed by atoms with E-state index in [1.807, 2.05) is 0 Å². The van der Waals surface area contributed by atoms with E-state index in [9.17, 15) is 8.78 Å². The van der Waals surface area contributed by atoms with Crippen LogP contribution in [0, 0.1) is 11.6 Å².